The number of carbonyl (C=O) groups is 1. The van der Waals surface area contributed by atoms with Crippen molar-refractivity contribution < 1.29 is 19.2 Å². The van der Waals surface area contributed by atoms with Gasteiger partial charge in [-0.1, -0.05) is 56.4 Å². The van der Waals surface area contributed by atoms with Crippen molar-refractivity contribution in [2.75, 3.05) is 19.6 Å². The Labute approximate surface area is 272 Å². The summed E-state index contributed by atoms with van der Waals surface area (Å²) in [5.74, 6) is 0.448. The highest BCUT2D eigenvalue weighted by molar-refractivity contribution is 7.19. The molecule has 0 spiro atoms. The highest BCUT2D eigenvalue weighted by Gasteiger charge is 2.51. The van der Waals surface area contributed by atoms with Crippen molar-refractivity contribution in [2.24, 2.45) is 11.3 Å². The molecular weight excluding hydrogens is 583 g/mol. The van der Waals surface area contributed by atoms with E-state index >= 15 is 0 Å². The largest absolute Gasteiger partial charge is 0.494 e. The number of aromatic nitrogens is 2. The van der Waals surface area contributed by atoms with Gasteiger partial charge in [0.2, 0.25) is 0 Å². The van der Waals surface area contributed by atoms with Gasteiger partial charge in [0.1, 0.15) is 10.3 Å². The lowest BCUT2D eigenvalue weighted by Gasteiger charge is -2.34. The van der Waals surface area contributed by atoms with E-state index in [9.17, 15) is 9.90 Å². The van der Waals surface area contributed by atoms with Crippen LogP contribution in [0.3, 0.4) is 0 Å². The summed E-state index contributed by atoms with van der Waals surface area (Å²) in [5, 5.41) is 13.7. The van der Waals surface area contributed by atoms with E-state index in [2.05, 4.69) is 76.9 Å². The predicted octanol–water partition coefficient (Wildman–Crippen LogP) is 5.46. The van der Waals surface area contributed by atoms with Crippen LogP contribution in [-0.2, 0) is 22.2 Å². The average molecular weight is 633 g/mol. The normalized spacial score (nSPS) is 22.8. The van der Waals surface area contributed by atoms with Crippen molar-refractivity contribution in [2.45, 2.75) is 110 Å². The number of hydrogen-bond donors (Lipinski definition) is 2. The molecular formula is C35H49BN4O4S. The molecule has 2 N–H and O–H groups in total. The highest BCUT2D eigenvalue weighted by atomic mass is 32.1. The Hall–Kier alpha value is -2.37. The number of amides is 1. The van der Waals surface area contributed by atoms with Crippen LogP contribution in [0.15, 0.2) is 30.3 Å². The van der Waals surface area contributed by atoms with Crippen molar-refractivity contribution in [1.82, 2.24) is 20.2 Å². The fourth-order valence-electron chi connectivity index (χ4n) is 6.71. The third-order valence-corrected chi connectivity index (χ3v) is 11.6. The molecule has 2 aromatic heterocycles. The third kappa shape index (κ3) is 7.00. The van der Waals surface area contributed by atoms with Gasteiger partial charge < -0.3 is 24.6 Å². The minimum absolute atomic E-state index is 0.169. The number of pyridine rings is 1. The highest BCUT2D eigenvalue weighted by Crippen LogP contribution is 2.39. The summed E-state index contributed by atoms with van der Waals surface area (Å²) in [6, 6.07) is 10.2. The fourth-order valence-corrected chi connectivity index (χ4v) is 7.55. The van der Waals surface area contributed by atoms with E-state index in [1.807, 2.05) is 12.1 Å². The monoisotopic (exact) mass is 632 g/mol. The van der Waals surface area contributed by atoms with Gasteiger partial charge in [-0.3, -0.25) is 4.79 Å². The minimum atomic E-state index is -0.434. The molecule has 2 atom stereocenters. The molecule has 242 valence electrons. The van der Waals surface area contributed by atoms with E-state index in [4.69, 9.17) is 19.3 Å². The molecule has 6 rings (SSSR count). The number of carbonyl (C=O) groups excluding carboxylic acids is 1. The van der Waals surface area contributed by atoms with E-state index in [1.54, 1.807) is 0 Å². The SMILES string of the molecule is CC(C)(C)[C@H]1CCc2nc3sc(C(=O)NC(CCN4CCC(O)CC4)c4ccc(B5OC(C)(C)C(C)(C)O5)cc4)nc3cc2C1. The lowest BCUT2D eigenvalue weighted by Crippen LogP contribution is -2.41. The number of thiazole rings is 1. The summed E-state index contributed by atoms with van der Waals surface area (Å²) < 4.78 is 12.5. The van der Waals surface area contributed by atoms with Crippen LogP contribution >= 0.6 is 11.3 Å². The molecule has 1 unspecified atom stereocenters. The van der Waals surface area contributed by atoms with Gasteiger partial charge in [0.05, 0.1) is 23.3 Å². The van der Waals surface area contributed by atoms with Crippen molar-refractivity contribution in [3.8, 4) is 0 Å². The standard InChI is InChI=1S/C35H49BN4O4S/c1-33(2,3)24-10-13-27-23(20-24)21-29-31(38-27)45-32(39-29)30(42)37-28(16-19-40-17-14-26(41)15-18-40)22-8-11-25(12-9-22)36-43-34(4,5)35(6,7)44-36/h8-9,11-12,21,24,26,28,41H,10,13-20H2,1-7H3,(H,37,42)/t24-,28?/m0/s1. The quantitative estimate of drug-likeness (QED) is 0.334. The Bertz CT molecular complexity index is 1510. The molecule has 0 saturated carbocycles. The molecule has 45 heavy (non-hydrogen) atoms. The van der Waals surface area contributed by atoms with Crippen molar-refractivity contribution in [3.63, 3.8) is 0 Å². The van der Waals surface area contributed by atoms with Gasteiger partial charge in [-0.15, -0.1) is 0 Å². The summed E-state index contributed by atoms with van der Waals surface area (Å²) in [6.07, 6.45) is 5.26. The number of piperidine rings is 1. The van der Waals surface area contributed by atoms with Crippen molar-refractivity contribution in [1.29, 1.82) is 0 Å². The second-order valence-corrected chi connectivity index (χ2v) is 16.4. The first-order chi connectivity index (χ1) is 21.2. The molecule has 1 amide bonds. The lowest BCUT2D eigenvalue weighted by atomic mass is 9.71. The van der Waals surface area contributed by atoms with Crippen LogP contribution in [0.4, 0.5) is 0 Å². The number of rotatable bonds is 7. The maximum atomic E-state index is 13.7. The van der Waals surface area contributed by atoms with Gasteiger partial charge in [0.15, 0.2) is 5.01 Å². The number of likely N-dealkylation sites (tertiary alicyclic amines) is 1. The van der Waals surface area contributed by atoms with Crippen LogP contribution in [-0.4, -0.2) is 69.9 Å². The molecule has 3 aliphatic rings. The average Bonchev–Trinajstić information content (AvgIpc) is 3.50. The topological polar surface area (TPSA) is 96.8 Å². The third-order valence-electron chi connectivity index (χ3n) is 10.6. The number of nitrogens with zero attached hydrogens (tertiary/aromatic N) is 3. The summed E-state index contributed by atoms with van der Waals surface area (Å²) >= 11 is 1.38. The fraction of sp³-hybridized carbons (Fsp3) is 0.629. The van der Waals surface area contributed by atoms with E-state index in [0.29, 0.717) is 10.9 Å². The molecule has 2 aliphatic heterocycles. The van der Waals surface area contributed by atoms with E-state index < -0.39 is 18.3 Å². The number of aliphatic hydroxyl groups is 1. The van der Waals surface area contributed by atoms with Gasteiger partial charge in [-0.25, -0.2) is 9.97 Å². The molecule has 10 heteroatoms. The lowest BCUT2D eigenvalue weighted by molar-refractivity contribution is 0.00578. The van der Waals surface area contributed by atoms with Crippen LogP contribution < -0.4 is 10.8 Å². The van der Waals surface area contributed by atoms with Crippen molar-refractivity contribution >= 4 is 40.2 Å². The predicted molar refractivity (Wildman–Crippen MR) is 181 cm³/mol. The maximum Gasteiger partial charge on any atom is 0.494 e. The minimum Gasteiger partial charge on any atom is -0.399 e. The molecule has 0 bridgehead atoms. The second kappa shape index (κ2) is 12.3. The number of nitrogens with one attached hydrogen (secondary N) is 1. The zero-order valence-electron chi connectivity index (χ0n) is 28.0. The van der Waals surface area contributed by atoms with Gasteiger partial charge in [0, 0.05) is 25.3 Å². The Morgan fingerprint density at radius 3 is 2.40 bits per heavy atom. The van der Waals surface area contributed by atoms with Crippen molar-refractivity contribution in [3.05, 3.63) is 52.2 Å². The first-order valence-corrected chi connectivity index (χ1v) is 17.5. The van der Waals surface area contributed by atoms with E-state index in [1.165, 1.54) is 16.9 Å². The van der Waals surface area contributed by atoms with Gasteiger partial charge in [-0.05, 0) is 100 Å². The molecule has 0 radical (unpaired) electrons. The Balaban J connectivity index is 1.20. The number of hydrogen-bond acceptors (Lipinski definition) is 8. The first-order valence-electron chi connectivity index (χ1n) is 16.6. The summed E-state index contributed by atoms with van der Waals surface area (Å²) in [6.45, 7) is 17.7. The number of benzene rings is 1. The van der Waals surface area contributed by atoms with Crippen LogP contribution in [0.25, 0.3) is 10.3 Å². The van der Waals surface area contributed by atoms with E-state index in [0.717, 1.165) is 85.2 Å². The Kier molecular flexibility index (Phi) is 8.93. The molecule has 2 fully saturated rings. The van der Waals surface area contributed by atoms with Crippen LogP contribution in [0.1, 0.15) is 107 Å². The Morgan fingerprint density at radius 2 is 1.76 bits per heavy atom. The number of fused-ring (bicyclic) bond motifs is 2. The van der Waals surface area contributed by atoms with E-state index in [-0.39, 0.29) is 23.5 Å². The zero-order valence-corrected chi connectivity index (χ0v) is 28.8. The van der Waals surface area contributed by atoms with Gasteiger partial charge in [0.25, 0.3) is 5.91 Å². The first kappa shape index (κ1) is 32.6. The zero-order chi connectivity index (χ0) is 32.1. The van der Waals surface area contributed by atoms with Crippen LogP contribution in [0.2, 0.25) is 0 Å². The Morgan fingerprint density at radius 1 is 1.09 bits per heavy atom. The van der Waals surface area contributed by atoms with Crippen LogP contribution in [0, 0.1) is 11.3 Å². The molecule has 1 aliphatic carbocycles. The number of aryl methyl sites for hydroxylation is 1. The smallest absolute Gasteiger partial charge is 0.399 e. The van der Waals surface area contributed by atoms with Gasteiger partial charge >= 0.3 is 7.12 Å². The van der Waals surface area contributed by atoms with Crippen LogP contribution in [0.5, 0.6) is 0 Å². The molecule has 2 saturated heterocycles. The number of aliphatic hydroxyl groups excluding tert-OH is 1. The molecule has 8 nitrogen and oxygen atoms in total. The molecule has 4 heterocycles. The second-order valence-electron chi connectivity index (χ2n) is 15.4. The molecule has 1 aromatic carbocycles. The maximum absolute atomic E-state index is 13.7. The van der Waals surface area contributed by atoms with Gasteiger partial charge in [-0.2, -0.15) is 0 Å². The summed E-state index contributed by atoms with van der Waals surface area (Å²) in [4.78, 5) is 26.7. The summed E-state index contributed by atoms with van der Waals surface area (Å²) in [7, 11) is -0.434. The summed E-state index contributed by atoms with van der Waals surface area (Å²) in [5.41, 5.74) is 4.68. The molecule has 3 aromatic rings.